The van der Waals surface area contributed by atoms with E-state index in [0.717, 1.165) is 6.07 Å². The molecule has 1 heterocycles. The minimum Gasteiger partial charge on any atom is -0.478 e. The van der Waals surface area contributed by atoms with Gasteiger partial charge in [-0.1, -0.05) is 0 Å². The molecule has 0 bridgehead atoms. The maximum atomic E-state index is 13.6. The van der Waals surface area contributed by atoms with Crippen LogP contribution >= 0.6 is 0 Å². The number of benzene rings is 1. The van der Waals surface area contributed by atoms with Crippen molar-refractivity contribution in [3.63, 3.8) is 0 Å². The zero-order chi connectivity index (χ0) is 14.7. The number of nitrogens with one attached hydrogen (secondary N) is 2. The molecule has 0 unspecified atom stereocenters. The number of carboxylic acid groups (broad SMARTS) is 1. The third-order valence-corrected chi connectivity index (χ3v) is 2.78. The topological polar surface area (TPSA) is 98.7 Å². The first-order chi connectivity index (χ1) is 9.47. The summed E-state index contributed by atoms with van der Waals surface area (Å²) in [5.74, 6) is -2.39. The Balaban J connectivity index is 2.07. The smallest absolute Gasteiger partial charge is 0.335 e. The Hall–Kier alpha value is -2.64. The fourth-order valence-corrected chi connectivity index (χ4v) is 1.76. The molecule has 0 saturated carbocycles. The molecule has 1 fully saturated rings. The number of rotatable bonds is 2. The van der Waals surface area contributed by atoms with Crippen molar-refractivity contribution < 1.29 is 23.9 Å². The standard InChI is InChI=1S/C12H12FN3O4/c13-8-5-7(11(18)19)1-2-9(8)15-12(20)16-4-3-14-10(17)6-16/h1-2,5H,3-4,6H2,(H,14,17)(H,15,20)(H,18,19). The van der Waals surface area contributed by atoms with E-state index in [1.807, 2.05) is 0 Å². The Bertz CT molecular complexity index is 576. The van der Waals surface area contributed by atoms with Crippen molar-refractivity contribution in [2.75, 3.05) is 25.0 Å². The third kappa shape index (κ3) is 3.02. The summed E-state index contributed by atoms with van der Waals surface area (Å²) in [5.41, 5.74) is -0.344. The van der Waals surface area contributed by atoms with Gasteiger partial charge in [0.05, 0.1) is 11.3 Å². The summed E-state index contributed by atoms with van der Waals surface area (Å²) in [5, 5.41) is 13.6. The number of amides is 3. The molecule has 1 saturated heterocycles. The van der Waals surface area contributed by atoms with E-state index in [2.05, 4.69) is 10.6 Å². The van der Waals surface area contributed by atoms with E-state index < -0.39 is 17.8 Å². The van der Waals surface area contributed by atoms with Crippen LogP contribution in [0.25, 0.3) is 0 Å². The van der Waals surface area contributed by atoms with Crippen LogP contribution in [0.3, 0.4) is 0 Å². The number of carbonyl (C=O) groups excluding carboxylic acids is 2. The van der Waals surface area contributed by atoms with Gasteiger partial charge in [-0.25, -0.2) is 14.0 Å². The number of piperazine rings is 1. The van der Waals surface area contributed by atoms with Crippen molar-refractivity contribution in [1.82, 2.24) is 10.2 Å². The lowest BCUT2D eigenvalue weighted by molar-refractivity contribution is -0.123. The largest absolute Gasteiger partial charge is 0.478 e. The third-order valence-electron chi connectivity index (χ3n) is 2.78. The number of aromatic carboxylic acids is 1. The van der Waals surface area contributed by atoms with Gasteiger partial charge in [-0.15, -0.1) is 0 Å². The molecule has 0 spiro atoms. The maximum Gasteiger partial charge on any atom is 0.335 e. The molecule has 1 aliphatic heterocycles. The van der Waals surface area contributed by atoms with Crippen molar-refractivity contribution in [2.45, 2.75) is 0 Å². The number of anilines is 1. The van der Waals surface area contributed by atoms with Gasteiger partial charge in [-0.2, -0.15) is 0 Å². The van der Waals surface area contributed by atoms with Gasteiger partial charge in [0.1, 0.15) is 12.4 Å². The second kappa shape index (κ2) is 5.55. The van der Waals surface area contributed by atoms with Gasteiger partial charge in [0.25, 0.3) is 0 Å². The van der Waals surface area contributed by atoms with Gasteiger partial charge >= 0.3 is 12.0 Å². The first kappa shape index (κ1) is 13.8. The van der Waals surface area contributed by atoms with Crippen LogP contribution in [-0.2, 0) is 4.79 Å². The molecule has 1 aromatic rings. The van der Waals surface area contributed by atoms with Crippen LogP contribution in [0.5, 0.6) is 0 Å². The summed E-state index contributed by atoms with van der Waals surface area (Å²) in [6.45, 7) is 0.569. The molecule has 0 aliphatic carbocycles. The van der Waals surface area contributed by atoms with E-state index in [4.69, 9.17) is 5.11 Å². The molecule has 3 amide bonds. The molecular weight excluding hydrogens is 269 g/mol. The fourth-order valence-electron chi connectivity index (χ4n) is 1.76. The normalized spacial score (nSPS) is 14.7. The molecule has 3 N–H and O–H groups in total. The summed E-state index contributed by atoms with van der Waals surface area (Å²) >= 11 is 0. The predicted molar refractivity (Wildman–Crippen MR) is 67.0 cm³/mol. The molecule has 0 radical (unpaired) electrons. The molecule has 106 valence electrons. The van der Waals surface area contributed by atoms with Crippen molar-refractivity contribution in [2.24, 2.45) is 0 Å². The van der Waals surface area contributed by atoms with E-state index >= 15 is 0 Å². The molecule has 0 aromatic heterocycles. The number of urea groups is 1. The monoisotopic (exact) mass is 281 g/mol. The second-order valence-electron chi connectivity index (χ2n) is 4.20. The highest BCUT2D eigenvalue weighted by atomic mass is 19.1. The molecule has 7 nitrogen and oxygen atoms in total. The zero-order valence-corrected chi connectivity index (χ0v) is 10.4. The highest BCUT2D eigenvalue weighted by Crippen LogP contribution is 2.16. The first-order valence-electron chi connectivity index (χ1n) is 5.83. The van der Waals surface area contributed by atoms with Crippen LogP contribution in [0, 0.1) is 5.82 Å². The summed E-state index contributed by atoms with van der Waals surface area (Å²) < 4.78 is 13.6. The molecule has 2 rings (SSSR count). The summed E-state index contributed by atoms with van der Waals surface area (Å²) in [7, 11) is 0. The van der Waals surface area contributed by atoms with Crippen LogP contribution in [0.2, 0.25) is 0 Å². The molecule has 0 atom stereocenters. The van der Waals surface area contributed by atoms with E-state index in [1.165, 1.54) is 17.0 Å². The lowest BCUT2D eigenvalue weighted by Gasteiger charge is -2.26. The average Bonchev–Trinajstić information content (AvgIpc) is 2.40. The van der Waals surface area contributed by atoms with Crippen LogP contribution in [-0.4, -0.2) is 47.5 Å². The van der Waals surface area contributed by atoms with Crippen LogP contribution in [0.4, 0.5) is 14.9 Å². The number of hydrogen-bond acceptors (Lipinski definition) is 3. The summed E-state index contributed by atoms with van der Waals surface area (Å²) in [6.07, 6.45) is 0. The number of hydrogen-bond donors (Lipinski definition) is 3. The van der Waals surface area contributed by atoms with E-state index in [-0.39, 0.29) is 23.7 Å². The maximum absolute atomic E-state index is 13.6. The van der Waals surface area contributed by atoms with Crippen molar-refractivity contribution in [3.8, 4) is 0 Å². The van der Waals surface area contributed by atoms with Gasteiger partial charge in [0, 0.05) is 13.1 Å². The van der Waals surface area contributed by atoms with Crippen molar-refractivity contribution >= 4 is 23.6 Å². The van der Waals surface area contributed by atoms with Gasteiger partial charge in [-0.05, 0) is 18.2 Å². The first-order valence-corrected chi connectivity index (χ1v) is 5.83. The fraction of sp³-hybridized carbons (Fsp3) is 0.250. The second-order valence-corrected chi connectivity index (χ2v) is 4.20. The minimum atomic E-state index is -1.26. The van der Waals surface area contributed by atoms with E-state index in [0.29, 0.717) is 13.1 Å². The van der Waals surface area contributed by atoms with E-state index in [1.54, 1.807) is 0 Å². The molecule has 20 heavy (non-hydrogen) atoms. The van der Waals surface area contributed by atoms with Gasteiger partial charge in [-0.3, -0.25) is 4.79 Å². The van der Waals surface area contributed by atoms with E-state index in [9.17, 15) is 18.8 Å². The highest BCUT2D eigenvalue weighted by Gasteiger charge is 2.22. The van der Waals surface area contributed by atoms with Crippen LogP contribution in [0.15, 0.2) is 18.2 Å². The number of halogens is 1. The minimum absolute atomic E-state index is 0.0966. The predicted octanol–water partition coefficient (Wildman–Crippen LogP) is 0.488. The molecule has 8 heteroatoms. The summed E-state index contributed by atoms with van der Waals surface area (Å²) in [4.78, 5) is 34.9. The SMILES string of the molecule is O=C1CN(C(=O)Nc2ccc(C(=O)O)cc2F)CCN1. The number of carbonyl (C=O) groups is 3. The zero-order valence-electron chi connectivity index (χ0n) is 10.4. The highest BCUT2D eigenvalue weighted by molar-refractivity contribution is 5.94. The Morgan fingerprint density at radius 3 is 2.75 bits per heavy atom. The van der Waals surface area contributed by atoms with Gasteiger partial charge in [0.15, 0.2) is 0 Å². The Kier molecular flexibility index (Phi) is 3.83. The Labute approximate surface area is 113 Å². The quantitative estimate of drug-likeness (QED) is 0.734. The average molecular weight is 281 g/mol. The van der Waals surface area contributed by atoms with Crippen LogP contribution in [0.1, 0.15) is 10.4 Å². The molecular formula is C12H12FN3O4. The Morgan fingerprint density at radius 2 is 2.15 bits per heavy atom. The van der Waals surface area contributed by atoms with Crippen molar-refractivity contribution in [1.29, 1.82) is 0 Å². The van der Waals surface area contributed by atoms with Crippen LogP contribution < -0.4 is 10.6 Å². The van der Waals surface area contributed by atoms with Gasteiger partial charge in [0.2, 0.25) is 5.91 Å². The van der Waals surface area contributed by atoms with Crippen molar-refractivity contribution in [3.05, 3.63) is 29.6 Å². The lowest BCUT2D eigenvalue weighted by Crippen LogP contribution is -2.51. The van der Waals surface area contributed by atoms with Gasteiger partial charge < -0.3 is 20.6 Å². The number of carboxylic acids is 1. The Morgan fingerprint density at radius 1 is 1.40 bits per heavy atom. The summed E-state index contributed by atoms with van der Waals surface area (Å²) in [6, 6.07) is 2.56. The lowest BCUT2D eigenvalue weighted by atomic mass is 10.2. The molecule has 1 aliphatic rings. The molecule has 1 aromatic carbocycles. The number of nitrogens with zero attached hydrogens (tertiary/aromatic N) is 1.